The summed E-state index contributed by atoms with van der Waals surface area (Å²) in [4.78, 5) is 2.18. The van der Waals surface area contributed by atoms with E-state index < -0.39 is 16.9 Å². The van der Waals surface area contributed by atoms with Crippen molar-refractivity contribution >= 4 is 10.8 Å². The van der Waals surface area contributed by atoms with Crippen molar-refractivity contribution in [3.63, 3.8) is 0 Å². The number of rotatable bonds is 5. The quantitative estimate of drug-likeness (QED) is 0.898. The molecule has 1 N–H and O–H groups in total. The van der Waals surface area contributed by atoms with Gasteiger partial charge >= 0.3 is 0 Å². The third kappa shape index (κ3) is 4.54. The van der Waals surface area contributed by atoms with Gasteiger partial charge in [0, 0.05) is 36.2 Å². The van der Waals surface area contributed by atoms with Crippen LogP contribution in [0.25, 0.3) is 0 Å². The Morgan fingerprint density at radius 1 is 1.41 bits per heavy atom. The van der Waals surface area contributed by atoms with E-state index in [4.69, 9.17) is 4.74 Å². The van der Waals surface area contributed by atoms with E-state index in [1.165, 1.54) is 0 Å². The summed E-state index contributed by atoms with van der Waals surface area (Å²) in [5.74, 6) is 1.51. The highest BCUT2D eigenvalue weighted by molar-refractivity contribution is 7.86. The average molecular weight is 325 g/mol. The van der Waals surface area contributed by atoms with E-state index in [2.05, 4.69) is 11.0 Å². The summed E-state index contributed by atoms with van der Waals surface area (Å²) in [5.41, 5.74) is 2.22. The molecule has 0 spiro atoms. The topological polar surface area (TPSA) is 49.8 Å². The fourth-order valence-corrected chi connectivity index (χ4v) is 4.04. The summed E-state index contributed by atoms with van der Waals surface area (Å²) in [5, 5.41) is 10.2. The predicted molar refractivity (Wildman–Crippen MR) is 90.9 cm³/mol. The van der Waals surface area contributed by atoms with Crippen LogP contribution in [-0.4, -0.2) is 57.1 Å². The first-order chi connectivity index (χ1) is 10.3. The van der Waals surface area contributed by atoms with Gasteiger partial charge in [-0.25, -0.2) is 0 Å². The van der Waals surface area contributed by atoms with E-state index >= 15 is 0 Å². The summed E-state index contributed by atoms with van der Waals surface area (Å²) in [7, 11) is -0.780. The van der Waals surface area contributed by atoms with Gasteiger partial charge in [0.1, 0.15) is 18.5 Å². The molecule has 2 atom stereocenters. The van der Waals surface area contributed by atoms with E-state index in [-0.39, 0.29) is 11.4 Å². The van der Waals surface area contributed by atoms with E-state index in [1.807, 2.05) is 39.8 Å². The van der Waals surface area contributed by atoms with E-state index in [9.17, 15) is 9.32 Å². The molecule has 1 heterocycles. The molecule has 0 bridgehead atoms. The zero-order chi connectivity index (χ0) is 16.3. The molecule has 1 aromatic carbocycles. The van der Waals surface area contributed by atoms with Crippen molar-refractivity contribution in [1.82, 2.24) is 4.90 Å². The molecule has 0 aromatic heterocycles. The van der Waals surface area contributed by atoms with Crippen molar-refractivity contribution in [3.05, 3.63) is 29.3 Å². The summed E-state index contributed by atoms with van der Waals surface area (Å²) < 4.78 is 17.5. The maximum Gasteiger partial charge on any atom is 0.122 e. The van der Waals surface area contributed by atoms with E-state index in [0.717, 1.165) is 30.0 Å². The maximum atomic E-state index is 11.9. The van der Waals surface area contributed by atoms with Crippen LogP contribution in [0.15, 0.2) is 18.2 Å². The van der Waals surface area contributed by atoms with Gasteiger partial charge in [-0.3, -0.25) is 9.11 Å². The van der Waals surface area contributed by atoms with Crippen LogP contribution in [0, 0.1) is 13.8 Å². The molecule has 1 aromatic rings. The fourth-order valence-electron chi connectivity index (χ4n) is 2.73. The summed E-state index contributed by atoms with van der Waals surface area (Å²) in [6.45, 7) is 10.4. The molecule has 5 heteroatoms. The first kappa shape index (κ1) is 17.4. The minimum atomic E-state index is -0.780. The molecule has 0 radical (unpaired) electrons. The number of hydrogen-bond donors (Lipinski definition) is 1. The van der Waals surface area contributed by atoms with Crippen LogP contribution in [-0.2, 0) is 10.8 Å². The van der Waals surface area contributed by atoms with Gasteiger partial charge in [-0.15, -0.1) is 0 Å². The molecule has 2 rings (SSSR count). The van der Waals surface area contributed by atoms with Gasteiger partial charge in [0.2, 0.25) is 0 Å². The maximum absolute atomic E-state index is 11.9. The van der Waals surface area contributed by atoms with Gasteiger partial charge < -0.3 is 9.84 Å². The van der Waals surface area contributed by atoms with Crippen molar-refractivity contribution in [2.45, 2.75) is 38.5 Å². The lowest BCUT2D eigenvalue weighted by molar-refractivity contribution is 0.0659. The van der Waals surface area contributed by atoms with Crippen LogP contribution in [0.4, 0.5) is 0 Å². The van der Waals surface area contributed by atoms with E-state index in [1.54, 1.807) is 0 Å². The van der Waals surface area contributed by atoms with E-state index in [0.29, 0.717) is 12.3 Å². The second-order valence-corrected chi connectivity index (χ2v) is 8.98. The largest absolute Gasteiger partial charge is 0.491 e. The molecule has 0 aliphatic carbocycles. The van der Waals surface area contributed by atoms with Gasteiger partial charge in [-0.2, -0.15) is 0 Å². The lowest BCUT2D eigenvalue weighted by Gasteiger charge is -2.38. The van der Waals surface area contributed by atoms with Crippen molar-refractivity contribution in [2.24, 2.45) is 0 Å². The normalized spacial score (nSPS) is 23.2. The second kappa shape index (κ2) is 7.11. The summed E-state index contributed by atoms with van der Waals surface area (Å²) in [6, 6.07) is 6.07. The Labute approximate surface area is 135 Å². The Balaban J connectivity index is 1.84. The Kier molecular flexibility index (Phi) is 5.64. The van der Waals surface area contributed by atoms with Crippen LogP contribution < -0.4 is 4.74 Å². The Hall–Kier alpha value is -0.910. The number of ether oxygens (including phenoxy) is 1. The molecular weight excluding hydrogens is 298 g/mol. The van der Waals surface area contributed by atoms with Gasteiger partial charge in [0.25, 0.3) is 0 Å². The number of β-amino-alcohol motifs (C(OH)–C–C–N with tert-alkyl or cyclic N) is 1. The first-order valence-electron chi connectivity index (χ1n) is 7.77. The van der Waals surface area contributed by atoms with Crippen molar-refractivity contribution < 1.29 is 14.1 Å². The van der Waals surface area contributed by atoms with Crippen LogP contribution in [0.2, 0.25) is 0 Å². The Morgan fingerprint density at radius 2 is 2.14 bits per heavy atom. The molecule has 1 fully saturated rings. The van der Waals surface area contributed by atoms with Crippen LogP contribution in [0.3, 0.4) is 0 Å². The van der Waals surface area contributed by atoms with Crippen LogP contribution in [0.5, 0.6) is 5.75 Å². The number of aryl methyl sites for hydroxylation is 2. The van der Waals surface area contributed by atoms with Crippen molar-refractivity contribution in [2.75, 3.05) is 32.0 Å². The molecule has 4 nitrogen and oxygen atoms in total. The molecule has 22 heavy (non-hydrogen) atoms. The van der Waals surface area contributed by atoms with Gasteiger partial charge in [-0.05, 0) is 44.9 Å². The van der Waals surface area contributed by atoms with Gasteiger partial charge in [0.15, 0.2) is 0 Å². The highest BCUT2D eigenvalue weighted by Crippen LogP contribution is 2.21. The van der Waals surface area contributed by atoms with Crippen molar-refractivity contribution in [3.8, 4) is 5.75 Å². The minimum absolute atomic E-state index is 0.202. The SMILES string of the molecule is Cc1ccc(C)c(OCC(O)CN2CCS(=O)C(C)(C)C2)c1. The molecule has 2 unspecified atom stereocenters. The number of nitrogens with zero attached hydrogens (tertiary/aromatic N) is 1. The second-order valence-electron chi connectivity index (χ2n) is 6.78. The van der Waals surface area contributed by atoms with Gasteiger partial charge in [-0.1, -0.05) is 12.1 Å². The molecular formula is C17H27NO3S. The monoisotopic (exact) mass is 325 g/mol. The molecule has 1 aliphatic heterocycles. The zero-order valence-electron chi connectivity index (χ0n) is 14.0. The fraction of sp³-hybridized carbons (Fsp3) is 0.647. The molecule has 0 saturated carbocycles. The third-order valence-corrected chi connectivity index (χ3v) is 5.97. The smallest absolute Gasteiger partial charge is 0.122 e. The highest BCUT2D eigenvalue weighted by atomic mass is 32.2. The lowest BCUT2D eigenvalue weighted by atomic mass is 10.1. The first-order valence-corrected chi connectivity index (χ1v) is 9.09. The molecule has 1 aliphatic rings. The number of benzene rings is 1. The lowest BCUT2D eigenvalue weighted by Crippen LogP contribution is -2.52. The standard InChI is InChI=1S/C17H27NO3S/c1-13-5-6-14(2)16(9-13)21-11-15(19)10-18-7-8-22(20)17(3,4)12-18/h5-6,9,15,19H,7-8,10-12H2,1-4H3. The minimum Gasteiger partial charge on any atom is -0.491 e. The zero-order valence-corrected chi connectivity index (χ0v) is 14.8. The van der Waals surface area contributed by atoms with Crippen LogP contribution in [0.1, 0.15) is 25.0 Å². The highest BCUT2D eigenvalue weighted by Gasteiger charge is 2.33. The number of aliphatic hydroxyl groups excluding tert-OH is 1. The number of hydrogen-bond acceptors (Lipinski definition) is 4. The molecule has 124 valence electrons. The van der Waals surface area contributed by atoms with Crippen molar-refractivity contribution in [1.29, 1.82) is 0 Å². The molecule has 0 amide bonds. The summed E-state index contributed by atoms with van der Waals surface area (Å²) in [6.07, 6.45) is -0.540. The Bertz CT molecular complexity index is 545. The van der Waals surface area contributed by atoms with Crippen LogP contribution >= 0.6 is 0 Å². The average Bonchev–Trinajstić information content (AvgIpc) is 2.43. The van der Waals surface area contributed by atoms with Gasteiger partial charge in [0.05, 0.1) is 4.75 Å². The molecule has 1 saturated heterocycles. The Morgan fingerprint density at radius 3 is 2.82 bits per heavy atom. The number of aliphatic hydroxyl groups is 1. The predicted octanol–water partition coefficient (Wildman–Crippen LogP) is 1.89. The summed E-state index contributed by atoms with van der Waals surface area (Å²) >= 11 is 0. The third-order valence-electron chi connectivity index (χ3n) is 4.06.